The molecule has 0 spiro atoms. The van der Waals surface area contributed by atoms with Gasteiger partial charge in [0, 0.05) is 15.5 Å². The molecule has 4 aliphatic carbocycles. The van der Waals surface area contributed by atoms with Gasteiger partial charge in [0.2, 0.25) is 0 Å². The smallest absolute Gasteiger partial charge is 0.0501 e. The van der Waals surface area contributed by atoms with Crippen molar-refractivity contribution < 1.29 is 0 Å². The summed E-state index contributed by atoms with van der Waals surface area (Å²) >= 11 is 9.81. The Morgan fingerprint density at radius 2 is 1.71 bits per heavy atom. The van der Waals surface area contributed by atoms with E-state index in [1.165, 1.54) is 38.5 Å². The Hall–Kier alpha value is -0.210. The zero-order chi connectivity index (χ0) is 14.6. The lowest BCUT2D eigenvalue weighted by atomic mass is 9.48. The topological polar surface area (TPSA) is 12.0 Å². The van der Waals surface area contributed by atoms with Crippen LogP contribution < -0.4 is 5.32 Å². The van der Waals surface area contributed by atoms with Gasteiger partial charge in [0.05, 0.1) is 5.69 Å². The van der Waals surface area contributed by atoms with E-state index in [9.17, 15) is 0 Å². The van der Waals surface area contributed by atoms with E-state index in [2.05, 4.69) is 28.2 Å². The first-order valence-electron chi connectivity index (χ1n) is 8.26. The third kappa shape index (κ3) is 2.53. The van der Waals surface area contributed by atoms with Crippen molar-refractivity contribution >= 4 is 33.2 Å². The minimum atomic E-state index is 0.524. The van der Waals surface area contributed by atoms with E-state index >= 15 is 0 Å². The lowest BCUT2D eigenvalue weighted by molar-refractivity contribution is -0.0602. The number of nitrogens with one attached hydrogen (secondary N) is 1. The minimum absolute atomic E-state index is 0.524. The molecule has 21 heavy (non-hydrogen) atoms. The van der Waals surface area contributed by atoms with Gasteiger partial charge in [-0.05, 0) is 103 Å². The highest BCUT2D eigenvalue weighted by atomic mass is 79.9. The molecule has 1 nitrogen and oxygen atoms in total. The first kappa shape index (κ1) is 14.4. The first-order chi connectivity index (χ1) is 10.0. The van der Waals surface area contributed by atoms with E-state index in [0.717, 1.165) is 32.9 Å². The van der Waals surface area contributed by atoms with Crippen molar-refractivity contribution in [2.24, 2.45) is 23.2 Å². The molecule has 0 radical (unpaired) electrons. The van der Waals surface area contributed by atoms with Crippen molar-refractivity contribution in [1.29, 1.82) is 0 Å². The third-order valence-corrected chi connectivity index (χ3v) is 7.23. The number of hydrogen-bond donors (Lipinski definition) is 1. The zero-order valence-corrected chi connectivity index (χ0v) is 14.9. The predicted octanol–water partition coefficient (Wildman–Crippen LogP) is 6.12. The number of hydrogen-bond acceptors (Lipinski definition) is 1. The fourth-order valence-corrected chi connectivity index (χ4v) is 6.24. The second-order valence-electron chi connectivity index (χ2n) is 7.77. The summed E-state index contributed by atoms with van der Waals surface area (Å²) in [6.07, 6.45) is 8.83. The molecule has 1 unspecified atom stereocenters. The van der Waals surface area contributed by atoms with Crippen LogP contribution in [-0.2, 0) is 0 Å². The lowest BCUT2D eigenvalue weighted by Crippen LogP contribution is -2.52. The molecule has 0 aromatic heterocycles. The summed E-state index contributed by atoms with van der Waals surface area (Å²) in [6.45, 7) is 2.39. The molecule has 114 valence electrons. The summed E-state index contributed by atoms with van der Waals surface area (Å²) in [4.78, 5) is 0. The Morgan fingerprint density at radius 3 is 2.29 bits per heavy atom. The maximum Gasteiger partial charge on any atom is 0.0501 e. The summed E-state index contributed by atoms with van der Waals surface area (Å²) in [5, 5.41) is 4.58. The molecule has 0 heterocycles. The van der Waals surface area contributed by atoms with Crippen LogP contribution in [-0.4, -0.2) is 6.04 Å². The molecule has 4 bridgehead atoms. The van der Waals surface area contributed by atoms with Gasteiger partial charge in [-0.3, -0.25) is 0 Å². The molecular formula is C18H23BrClN. The van der Waals surface area contributed by atoms with Crippen molar-refractivity contribution in [3.05, 3.63) is 27.7 Å². The molecule has 1 aromatic carbocycles. The molecule has 3 heteroatoms. The van der Waals surface area contributed by atoms with Gasteiger partial charge in [0.15, 0.2) is 0 Å². The van der Waals surface area contributed by atoms with E-state index < -0.39 is 0 Å². The van der Waals surface area contributed by atoms with Gasteiger partial charge in [-0.15, -0.1) is 0 Å². The summed E-state index contributed by atoms with van der Waals surface area (Å²) in [6, 6.07) is 6.55. The average molecular weight is 369 g/mol. The summed E-state index contributed by atoms with van der Waals surface area (Å²) in [7, 11) is 0. The van der Waals surface area contributed by atoms with E-state index in [-0.39, 0.29) is 0 Å². The highest BCUT2D eigenvalue weighted by Crippen LogP contribution is 2.61. The summed E-state index contributed by atoms with van der Waals surface area (Å²) < 4.78 is 1.11. The molecular weight excluding hydrogens is 346 g/mol. The third-order valence-electron chi connectivity index (χ3n) is 6.30. The Morgan fingerprint density at radius 1 is 1.14 bits per heavy atom. The second-order valence-corrected chi connectivity index (χ2v) is 9.06. The minimum Gasteiger partial charge on any atom is -0.381 e. The zero-order valence-electron chi connectivity index (χ0n) is 12.5. The SMILES string of the molecule is CC(Nc1cc(Cl)ccc1Br)C12CC3CC(CC(C3)C1)C2. The molecule has 1 atom stereocenters. The monoisotopic (exact) mass is 367 g/mol. The highest BCUT2D eigenvalue weighted by molar-refractivity contribution is 9.10. The molecule has 4 fully saturated rings. The van der Waals surface area contributed by atoms with Crippen LogP contribution in [0.3, 0.4) is 0 Å². The maximum atomic E-state index is 6.16. The molecule has 5 rings (SSSR count). The summed E-state index contributed by atoms with van der Waals surface area (Å²) in [5.74, 6) is 3.01. The van der Waals surface area contributed by atoms with Gasteiger partial charge in [-0.25, -0.2) is 0 Å². The Labute approximate surface area is 141 Å². The molecule has 4 aliphatic rings. The van der Waals surface area contributed by atoms with Crippen LogP contribution in [0, 0.1) is 23.2 Å². The van der Waals surface area contributed by atoms with Crippen LogP contribution in [0.4, 0.5) is 5.69 Å². The van der Waals surface area contributed by atoms with Gasteiger partial charge < -0.3 is 5.32 Å². The fourth-order valence-electron chi connectivity index (χ4n) is 5.70. The normalized spacial score (nSPS) is 38.5. The molecule has 0 aliphatic heterocycles. The highest BCUT2D eigenvalue weighted by Gasteiger charge is 2.53. The van der Waals surface area contributed by atoms with Gasteiger partial charge in [-0.2, -0.15) is 0 Å². The van der Waals surface area contributed by atoms with E-state index in [1.807, 2.05) is 18.2 Å². The van der Waals surface area contributed by atoms with Gasteiger partial charge in [0.25, 0.3) is 0 Å². The van der Waals surface area contributed by atoms with Crippen molar-refractivity contribution in [3.63, 3.8) is 0 Å². The Bertz CT molecular complexity index is 521. The predicted molar refractivity (Wildman–Crippen MR) is 92.8 cm³/mol. The van der Waals surface area contributed by atoms with E-state index in [0.29, 0.717) is 11.5 Å². The second kappa shape index (κ2) is 5.16. The van der Waals surface area contributed by atoms with Crippen LogP contribution in [0.1, 0.15) is 45.4 Å². The molecule has 1 N–H and O–H groups in total. The molecule has 4 saturated carbocycles. The van der Waals surface area contributed by atoms with E-state index in [4.69, 9.17) is 11.6 Å². The van der Waals surface area contributed by atoms with Gasteiger partial charge in [-0.1, -0.05) is 11.6 Å². The van der Waals surface area contributed by atoms with Crippen LogP contribution in [0.2, 0.25) is 5.02 Å². The number of halogens is 2. The van der Waals surface area contributed by atoms with Crippen LogP contribution in [0.25, 0.3) is 0 Å². The van der Waals surface area contributed by atoms with Crippen LogP contribution in [0.15, 0.2) is 22.7 Å². The van der Waals surface area contributed by atoms with Crippen molar-refractivity contribution in [2.45, 2.75) is 51.5 Å². The number of anilines is 1. The summed E-state index contributed by atoms with van der Waals surface area (Å²) in [5.41, 5.74) is 1.67. The van der Waals surface area contributed by atoms with Crippen molar-refractivity contribution in [1.82, 2.24) is 0 Å². The van der Waals surface area contributed by atoms with Gasteiger partial charge >= 0.3 is 0 Å². The van der Waals surface area contributed by atoms with Crippen LogP contribution >= 0.6 is 27.5 Å². The standard InChI is InChI=1S/C18H23BrClN/c1-11(21-17-7-15(20)2-3-16(17)19)18-8-12-4-13(9-18)6-14(5-12)10-18/h2-3,7,11-14,21H,4-6,8-10H2,1H3. The Balaban J connectivity index is 1.57. The fraction of sp³-hybridized carbons (Fsp3) is 0.667. The van der Waals surface area contributed by atoms with E-state index in [1.54, 1.807) is 0 Å². The number of rotatable bonds is 3. The van der Waals surface area contributed by atoms with Crippen molar-refractivity contribution in [2.75, 3.05) is 5.32 Å². The number of benzene rings is 1. The van der Waals surface area contributed by atoms with Crippen LogP contribution in [0.5, 0.6) is 0 Å². The maximum absolute atomic E-state index is 6.16. The quantitative estimate of drug-likeness (QED) is 0.677. The lowest BCUT2D eigenvalue weighted by Gasteiger charge is -2.59. The van der Waals surface area contributed by atoms with Gasteiger partial charge in [0.1, 0.15) is 0 Å². The van der Waals surface area contributed by atoms with Crippen molar-refractivity contribution in [3.8, 4) is 0 Å². The molecule has 1 aromatic rings. The Kier molecular flexibility index (Phi) is 3.54. The average Bonchev–Trinajstić information content (AvgIpc) is 2.41. The first-order valence-corrected chi connectivity index (χ1v) is 9.43. The molecule has 0 amide bonds. The largest absolute Gasteiger partial charge is 0.381 e. The molecule has 0 saturated heterocycles.